The summed E-state index contributed by atoms with van der Waals surface area (Å²) in [7, 11) is 0. The van der Waals surface area contributed by atoms with Crippen molar-refractivity contribution >= 4 is 30.7 Å². The number of rotatable bonds is 6. The fraction of sp³-hybridized carbons (Fsp3) is 0.947. The molecule has 2 saturated heterocycles. The van der Waals surface area contributed by atoms with Crippen LogP contribution >= 0.6 is 24.8 Å². The largest absolute Gasteiger partial charge is 0.373 e. The minimum absolute atomic E-state index is 0. The van der Waals surface area contributed by atoms with Crippen molar-refractivity contribution in [3.8, 4) is 0 Å². The fourth-order valence-corrected chi connectivity index (χ4v) is 4.38. The van der Waals surface area contributed by atoms with Crippen molar-refractivity contribution in [2.75, 3.05) is 39.3 Å². The predicted octanol–water partition coefficient (Wildman–Crippen LogP) is 2.94. The van der Waals surface area contributed by atoms with Gasteiger partial charge in [0.05, 0.1) is 17.6 Å². The molecule has 2 atom stereocenters. The molecule has 7 heteroatoms. The molecule has 0 saturated carbocycles. The minimum atomic E-state index is -0.345. The third-order valence-electron chi connectivity index (χ3n) is 6.11. The van der Waals surface area contributed by atoms with E-state index in [0.717, 1.165) is 58.4 Å². The first-order chi connectivity index (χ1) is 11.4. The number of nitrogens with zero attached hydrogens (tertiary/aromatic N) is 2. The molecule has 2 unspecified atom stereocenters. The maximum absolute atomic E-state index is 12.9. The molecular weight excluding hydrogens is 373 g/mol. The third-order valence-corrected chi connectivity index (χ3v) is 6.11. The van der Waals surface area contributed by atoms with Gasteiger partial charge in [-0.1, -0.05) is 13.8 Å². The topological polar surface area (TPSA) is 58.8 Å². The highest BCUT2D eigenvalue weighted by Gasteiger charge is 2.38. The Morgan fingerprint density at radius 2 is 1.58 bits per heavy atom. The molecule has 2 heterocycles. The van der Waals surface area contributed by atoms with Crippen LogP contribution in [-0.4, -0.2) is 67.2 Å². The quantitative estimate of drug-likeness (QED) is 0.729. The van der Waals surface area contributed by atoms with E-state index in [-0.39, 0.29) is 36.1 Å². The van der Waals surface area contributed by atoms with Crippen LogP contribution in [0.4, 0.5) is 0 Å². The maximum Gasteiger partial charge on any atom is 0.230 e. The molecule has 2 N–H and O–H groups in total. The number of hydrogen-bond acceptors (Lipinski definition) is 4. The molecule has 0 aromatic heterocycles. The zero-order valence-corrected chi connectivity index (χ0v) is 18.5. The summed E-state index contributed by atoms with van der Waals surface area (Å²) in [5, 5.41) is 0. The van der Waals surface area contributed by atoms with E-state index >= 15 is 0 Å². The predicted molar refractivity (Wildman–Crippen MR) is 112 cm³/mol. The lowest BCUT2D eigenvalue weighted by atomic mass is 9.80. The second-order valence-corrected chi connectivity index (χ2v) is 7.90. The number of ether oxygens (including phenoxy) is 1. The van der Waals surface area contributed by atoms with Gasteiger partial charge in [-0.2, -0.15) is 0 Å². The van der Waals surface area contributed by atoms with E-state index in [0.29, 0.717) is 24.7 Å². The molecule has 5 nitrogen and oxygen atoms in total. The summed E-state index contributed by atoms with van der Waals surface area (Å²) in [5.41, 5.74) is 5.60. The van der Waals surface area contributed by atoms with Crippen molar-refractivity contribution in [1.82, 2.24) is 9.80 Å². The van der Waals surface area contributed by atoms with Crippen molar-refractivity contribution in [2.45, 2.75) is 65.6 Å². The van der Waals surface area contributed by atoms with Crippen LogP contribution in [0.3, 0.4) is 0 Å². The lowest BCUT2D eigenvalue weighted by molar-refractivity contribution is -0.143. The molecule has 0 aromatic rings. The lowest BCUT2D eigenvalue weighted by Gasteiger charge is -2.41. The number of nitrogens with two attached hydrogens (primary N) is 1. The summed E-state index contributed by atoms with van der Waals surface area (Å²) >= 11 is 0. The van der Waals surface area contributed by atoms with Crippen molar-refractivity contribution in [1.29, 1.82) is 0 Å². The van der Waals surface area contributed by atoms with Gasteiger partial charge in [0.2, 0.25) is 5.91 Å². The third kappa shape index (κ3) is 6.23. The molecule has 1 amide bonds. The van der Waals surface area contributed by atoms with Crippen LogP contribution in [0.2, 0.25) is 0 Å². The number of morpholine rings is 1. The van der Waals surface area contributed by atoms with Gasteiger partial charge < -0.3 is 15.4 Å². The van der Waals surface area contributed by atoms with Crippen molar-refractivity contribution in [3.63, 3.8) is 0 Å². The molecule has 0 bridgehead atoms. The van der Waals surface area contributed by atoms with Gasteiger partial charge in [-0.05, 0) is 45.4 Å². The van der Waals surface area contributed by atoms with E-state index in [1.807, 2.05) is 0 Å². The zero-order valence-electron chi connectivity index (χ0n) is 16.9. The van der Waals surface area contributed by atoms with Crippen LogP contribution < -0.4 is 5.73 Å². The van der Waals surface area contributed by atoms with E-state index in [9.17, 15) is 4.79 Å². The molecule has 2 fully saturated rings. The number of amides is 1. The van der Waals surface area contributed by atoms with Crippen LogP contribution in [0.25, 0.3) is 0 Å². The minimum Gasteiger partial charge on any atom is -0.373 e. The highest BCUT2D eigenvalue weighted by atomic mass is 35.5. The Morgan fingerprint density at radius 1 is 1.08 bits per heavy atom. The van der Waals surface area contributed by atoms with Crippen LogP contribution in [0.5, 0.6) is 0 Å². The number of carbonyl (C=O) groups is 1. The monoisotopic (exact) mass is 411 g/mol. The summed E-state index contributed by atoms with van der Waals surface area (Å²) in [4.78, 5) is 17.5. The van der Waals surface area contributed by atoms with Gasteiger partial charge in [-0.25, -0.2) is 0 Å². The van der Waals surface area contributed by atoms with Crippen molar-refractivity contribution in [3.05, 3.63) is 0 Å². The van der Waals surface area contributed by atoms with E-state index < -0.39 is 0 Å². The first kappa shape index (κ1) is 25.9. The van der Waals surface area contributed by atoms with E-state index in [1.165, 1.54) is 0 Å². The van der Waals surface area contributed by atoms with Crippen LogP contribution in [0.15, 0.2) is 0 Å². The average Bonchev–Trinajstić information content (AvgIpc) is 2.56. The number of hydrogen-bond donors (Lipinski definition) is 1. The lowest BCUT2D eigenvalue weighted by Crippen LogP contribution is -2.52. The second-order valence-electron chi connectivity index (χ2n) is 7.90. The zero-order chi connectivity index (χ0) is 17.7. The van der Waals surface area contributed by atoms with Gasteiger partial charge in [-0.3, -0.25) is 9.69 Å². The van der Waals surface area contributed by atoms with Gasteiger partial charge in [0, 0.05) is 39.3 Å². The summed E-state index contributed by atoms with van der Waals surface area (Å²) in [5.74, 6) is 0.976. The number of carbonyl (C=O) groups excluding carboxylic acids is 1. The Hall–Kier alpha value is -0.0700. The second kappa shape index (κ2) is 11.7. The molecule has 26 heavy (non-hydrogen) atoms. The Bertz CT molecular complexity index is 395. The average molecular weight is 412 g/mol. The fourth-order valence-electron chi connectivity index (χ4n) is 4.38. The Labute approximate surface area is 172 Å². The highest BCUT2D eigenvalue weighted by Crippen LogP contribution is 2.30. The molecule has 2 aliphatic heterocycles. The molecule has 0 spiro atoms. The molecular formula is C19H39Cl2N3O2. The van der Waals surface area contributed by atoms with E-state index in [4.69, 9.17) is 10.5 Å². The van der Waals surface area contributed by atoms with Gasteiger partial charge in [-0.15, -0.1) is 24.8 Å². The summed E-state index contributed by atoms with van der Waals surface area (Å²) in [6.45, 7) is 13.9. The number of halogens is 2. The maximum atomic E-state index is 12.9. The van der Waals surface area contributed by atoms with Gasteiger partial charge >= 0.3 is 0 Å². The van der Waals surface area contributed by atoms with Crippen LogP contribution in [-0.2, 0) is 9.53 Å². The molecule has 2 rings (SSSR count). The highest BCUT2D eigenvalue weighted by molar-refractivity contribution is 5.85. The normalized spacial score (nSPS) is 25.3. The molecule has 156 valence electrons. The van der Waals surface area contributed by atoms with Crippen molar-refractivity contribution < 1.29 is 9.53 Å². The van der Waals surface area contributed by atoms with Gasteiger partial charge in [0.15, 0.2) is 0 Å². The molecule has 0 aromatic carbocycles. The Kier molecular flexibility index (Phi) is 11.7. The SMILES string of the molecule is CCC(CC)(CN)C(=O)N1CCC(CN2CC(C)OC(C)C2)CC1.Cl.Cl. The molecule has 2 aliphatic rings. The standard InChI is InChI=1S/C19H37N3O2.2ClH/c1-5-19(6-2,14-20)18(23)22-9-7-17(8-10-22)13-21-11-15(3)24-16(4)12-21;;/h15-17H,5-14,20H2,1-4H3;2*1H. The van der Waals surface area contributed by atoms with Gasteiger partial charge in [0.25, 0.3) is 0 Å². The smallest absolute Gasteiger partial charge is 0.230 e. The van der Waals surface area contributed by atoms with Gasteiger partial charge in [0.1, 0.15) is 0 Å². The van der Waals surface area contributed by atoms with E-state index in [1.54, 1.807) is 0 Å². The molecule has 0 radical (unpaired) electrons. The summed E-state index contributed by atoms with van der Waals surface area (Å²) < 4.78 is 5.82. The van der Waals surface area contributed by atoms with Crippen LogP contribution in [0.1, 0.15) is 53.4 Å². The van der Waals surface area contributed by atoms with Crippen molar-refractivity contribution in [2.24, 2.45) is 17.1 Å². The van der Waals surface area contributed by atoms with E-state index in [2.05, 4.69) is 37.5 Å². The first-order valence-electron chi connectivity index (χ1n) is 9.81. The summed E-state index contributed by atoms with van der Waals surface area (Å²) in [6.07, 6.45) is 4.55. The Balaban J connectivity index is 0.00000312. The number of piperidine rings is 1. The molecule has 0 aliphatic carbocycles. The number of likely N-dealkylation sites (tertiary alicyclic amines) is 1. The Morgan fingerprint density at radius 3 is 2.00 bits per heavy atom. The van der Waals surface area contributed by atoms with Crippen LogP contribution in [0, 0.1) is 11.3 Å². The summed E-state index contributed by atoms with van der Waals surface area (Å²) in [6, 6.07) is 0. The first-order valence-corrected chi connectivity index (χ1v) is 9.81.